The van der Waals surface area contributed by atoms with Crippen molar-refractivity contribution in [2.24, 2.45) is 0 Å². The van der Waals surface area contributed by atoms with Crippen LogP contribution in [0.3, 0.4) is 0 Å². The minimum atomic E-state index is -0.599. The van der Waals surface area contributed by atoms with E-state index in [9.17, 15) is 9.59 Å². The topological polar surface area (TPSA) is 132 Å². The summed E-state index contributed by atoms with van der Waals surface area (Å²) in [6.07, 6.45) is 2.35. The molecule has 0 unspecified atom stereocenters. The largest absolute Gasteiger partial charge is 0.375 e. The molecule has 0 aliphatic carbocycles. The zero-order chi connectivity index (χ0) is 22.5. The second-order valence-electron chi connectivity index (χ2n) is 6.17. The number of urea groups is 1. The first-order chi connectivity index (χ1) is 14.8. The van der Waals surface area contributed by atoms with Crippen LogP contribution in [0.25, 0.3) is 5.65 Å². The van der Waals surface area contributed by atoms with Crippen LogP contribution in [0.4, 0.5) is 16.2 Å². The smallest absolute Gasteiger partial charge is 0.323 e. The normalized spacial score (nSPS) is 11.9. The predicted molar refractivity (Wildman–Crippen MR) is 114 cm³/mol. The molecule has 0 saturated carbocycles. The van der Waals surface area contributed by atoms with Gasteiger partial charge in [0, 0.05) is 13.2 Å². The number of carbonyl (C=O) groups excluding carboxylic acids is 2. The minimum absolute atomic E-state index is 0.0394. The molecule has 31 heavy (non-hydrogen) atoms. The molecule has 0 aromatic carbocycles. The lowest BCUT2D eigenvalue weighted by Crippen LogP contribution is -2.25. The van der Waals surface area contributed by atoms with Crippen LogP contribution in [0.2, 0.25) is 10.2 Å². The quantitative estimate of drug-likeness (QED) is 0.453. The van der Waals surface area contributed by atoms with E-state index in [0.717, 1.165) is 0 Å². The molecule has 0 fully saturated rings. The Balaban J connectivity index is 1.79. The maximum absolute atomic E-state index is 12.5. The van der Waals surface area contributed by atoms with Crippen LogP contribution in [-0.2, 0) is 9.57 Å². The molecule has 0 spiro atoms. The molecule has 0 aliphatic heterocycles. The zero-order valence-corrected chi connectivity index (χ0v) is 18.3. The highest BCUT2D eigenvalue weighted by Crippen LogP contribution is 2.26. The number of fused-ring (bicyclic) bond motifs is 1. The summed E-state index contributed by atoms with van der Waals surface area (Å²) >= 11 is 12.1. The second-order valence-corrected chi connectivity index (χ2v) is 6.96. The van der Waals surface area contributed by atoms with Gasteiger partial charge in [0.1, 0.15) is 5.69 Å². The molecule has 0 aliphatic rings. The Bertz CT molecular complexity index is 1120. The molecule has 3 N–H and O–H groups in total. The maximum Gasteiger partial charge on any atom is 0.323 e. The van der Waals surface area contributed by atoms with Gasteiger partial charge >= 0.3 is 6.03 Å². The molecule has 0 bridgehead atoms. The number of rotatable bonds is 7. The van der Waals surface area contributed by atoms with Crippen molar-refractivity contribution in [3.05, 3.63) is 46.1 Å². The van der Waals surface area contributed by atoms with Gasteiger partial charge in [-0.1, -0.05) is 23.2 Å². The molecule has 3 aromatic heterocycles. The maximum atomic E-state index is 12.5. The molecule has 13 heteroatoms. The van der Waals surface area contributed by atoms with Gasteiger partial charge in [-0.05, 0) is 19.9 Å². The van der Waals surface area contributed by atoms with E-state index in [4.69, 9.17) is 32.8 Å². The number of hydrogen-bond acceptors (Lipinski definition) is 7. The van der Waals surface area contributed by atoms with E-state index in [-0.39, 0.29) is 28.2 Å². The molecule has 1 atom stereocenters. The summed E-state index contributed by atoms with van der Waals surface area (Å²) in [5.74, 6) is -0.599. The molecule has 11 nitrogen and oxygen atoms in total. The first-order valence-corrected chi connectivity index (χ1v) is 9.82. The Morgan fingerprint density at radius 3 is 2.65 bits per heavy atom. The molecule has 0 saturated heterocycles. The Morgan fingerprint density at radius 2 is 1.97 bits per heavy atom. The highest BCUT2D eigenvalue weighted by molar-refractivity contribution is 6.33. The standard InChI is InChI=1S/C18H19Cl2N7O4/c1-4-31-26-17(28)15-11(19)5-10(7-22-15)23-18(29)24-12-8-21-14-6-13(20)25-27(14)16(12)9(2)30-3/h5-9H,4H2,1-3H3,(H,26,28)(H2,23,24,29)/t9-/m0/s1. The van der Waals surface area contributed by atoms with Crippen LogP contribution in [0.15, 0.2) is 24.5 Å². The number of hydroxylamine groups is 1. The fourth-order valence-corrected chi connectivity index (χ4v) is 3.09. The van der Waals surface area contributed by atoms with Gasteiger partial charge in [0.25, 0.3) is 5.91 Å². The Labute approximate surface area is 187 Å². The molecular weight excluding hydrogens is 449 g/mol. The molecule has 0 radical (unpaired) electrons. The Kier molecular flexibility index (Phi) is 7.23. The average Bonchev–Trinajstić information content (AvgIpc) is 3.11. The summed E-state index contributed by atoms with van der Waals surface area (Å²) in [5.41, 5.74) is 3.85. The van der Waals surface area contributed by atoms with Gasteiger partial charge in [-0.2, -0.15) is 5.10 Å². The van der Waals surface area contributed by atoms with Crippen LogP contribution in [0.1, 0.15) is 36.1 Å². The summed E-state index contributed by atoms with van der Waals surface area (Å²) in [5, 5.41) is 9.77. The SMILES string of the molecule is CCONC(=O)c1ncc(NC(=O)Nc2cnc3cc(Cl)nn3c2[C@H](C)OC)cc1Cl. The molecule has 164 valence electrons. The van der Waals surface area contributed by atoms with Crippen molar-refractivity contribution in [1.82, 2.24) is 25.1 Å². The molecule has 3 rings (SSSR count). The van der Waals surface area contributed by atoms with Gasteiger partial charge in [0.05, 0.1) is 47.2 Å². The third-order valence-corrected chi connectivity index (χ3v) is 4.57. The number of anilines is 2. The van der Waals surface area contributed by atoms with Gasteiger partial charge in [0.15, 0.2) is 10.8 Å². The molecule has 3 amide bonds. The number of pyridine rings is 1. The van der Waals surface area contributed by atoms with Gasteiger partial charge in [-0.3, -0.25) is 9.63 Å². The predicted octanol–water partition coefficient (Wildman–Crippen LogP) is 3.46. The fourth-order valence-electron chi connectivity index (χ4n) is 2.67. The number of amides is 3. The van der Waals surface area contributed by atoms with Crippen LogP contribution in [-0.4, -0.2) is 45.2 Å². The van der Waals surface area contributed by atoms with Crippen molar-refractivity contribution in [2.45, 2.75) is 20.0 Å². The van der Waals surface area contributed by atoms with Crippen LogP contribution >= 0.6 is 23.2 Å². The Morgan fingerprint density at radius 1 is 1.19 bits per heavy atom. The van der Waals surface area contributed by atoms with Crippen molar-refractivity contribution < 1.29 is 19.2 Å². The molecule has 3 heterocycles. The first kappa shape index (κ1) is 22.7. The highest BCUT2D eigenvalue weighted by Gasteiger charge is 2.19. The van der Waals surface area contributed by atoms with Gasteiger partial charge < -0.3 is 15.4 Å². The fraction of sp³-hybridized carbons (Fsp3) is 0.278. The lowest BCUT2D eigenvalue weighted by molar-refractivity contribution is 0.0360. The minimum Gasteiger partial charge on any atom is -0.375 e. The third kappa shape index (κ3) is 5.20. The zero-order valence-electron chi connectivity index (χ0n) is 16.8. The number of aromatic nitrogens is 4. The lowest BCUT2D eigenvalue weighted by atomic mass is 10.2. The number of hydrogen-bond donors (Lipinski definition) is 3. The van der Waals surface area contributed by atoms with Gasteiger partial charge in [-0.15, -0.1) is 0 Å². The van der Waals surface area contributed by atoms with Crippen LogP contribution in [0, 0.1) is 0 Å². The van der Waals surface area contributed by atoms with Crippen molar-refractivity contribution >= 4 is 52.2 Å². The van der Waals surface area contributed by atoms with E-state index < -0.39 is 18.0 Å². The number of halogens is 2. The van der Waals surface area contributed by atoms with Crippen molar-refractivity contribution in [1.29, 1.82) is 0 Å². The summed E-state index contributed by atoms with van der Waals surface area (Å²) < 4.78 is 6.89. The average molecular weight is 468 g/mol. The van der Waals surface area contributed by atoms with Crippen molar-refractivity contribution in [2.75, 3.05) is 24.4 Å². The lowest BCUT2D eigenvalue weighted by Gasteiger charge is -2.17. The number of ether oxygens (including phenoxy) is 1. The molecule has 3 aromatic rings. The highest BCUT2D eigenvalue weighted by atomic mass is 35.5. The number of nitrogens with one attached hydrogen (secondary N) is 3. The van der Waals surface area contributed by atoms with E-state index in [1.165, 1.54) is 30.1 Å². The van der Waals surface area contributed by atoms with E-state index in [1.807, 2.05) is 0 Å². The van der Waals surface area contributed by atoms with Crippen molar-refractivity contribution in [3.63, 3.8) is 0 Å². The molecular formula is C18H19Cl2N7O4. The van der Waals surface area contributed by atoms with Gasteiger partial charge in [0.2, 0.25) is 0 Å². The van der Waals surface area contributed by atoms with Crippen LogP contribution in [0.5, 0.6) is 0 Å². The third-order valence-electron chi connectivity index (χ3n) is 4.10. The van der Waals surface area contributed by atoms with E-state index in [2.05, 4.69) is 31.2 Å². The number of nitrogens with zero attached hydrogens (tertiary/aromatic N) is 4. The monoisotopic (exact) mass is 467 g/mol. The first-order valence-electron chi connectivity index (χ1n) is 9.06. The second kappa shape index (κ2) is 9.88. The van der Waals surface area contributed by atoms with Gasteiger partial charge in [-0.25, -0.2) is 24.8 Å². The van der Waals surface area contributed by atoms with Crippen molar-refractivity contribution in [3.8, 4) is 0 Å². The summed E-state index contributed by atoms with van der Waals surface area (Å²) in [6.45, 7) is 3.80. The summed E-state index contributed by atoms with van der Waals surface area (Å²) in [6, 6.07) is 2.39. The summed E-state index contributed by atoms with van der Waals surface area (Å²) in [7, 11) is 1.53. The van der Waals surface area contributed by atoms with E-state index >= 15 is 0 Å². The number of methoxy groups -OCH3 is 1. The van der Waals surface area contributed by atoms with E-state index in [0.29, 0.717) is 17.0 Å². The van der Waals surface area contributed by atoms with Crippen LogP contribution < -0.4 is 16.1 Å². The number of carbonyl (C=O) groups is 2. The summed E-state index contributed by atoms with van der Waals surface area (Å²) in [4.78, 5) is 37.5. The van der Waals surface area contributed by atoms with E-state index in [1.54, 1.807) is 19.9 Å². The Hall–Kier alpha value is -2.99.